The molecule has 0 bridgehead atoms. The van der Waals surface area contributed by atoms with Gasteiger partial charge in [0.15, 0.2) is 0 Å². The van der Waals surface area contributed by atoms with Gasteiger partial charge in [0.2, 0.25) is 0 Å². The van der Waals surface area contributed by atoms with Gasteiger partial charge in [-0.15, -0.1) is 0 Å². The molecule has 2 rings (SSSR count). The maximum atomic E-state index is 9.38. The van der Waals surface area contributed by atoms with Crippen LogP contribution in [0.1, 0.15) is 18.2 Å². The summed E-state index contributed by atoms with van der Waals surface area (Å²) in [5.74, 6) is 0.811. The maximum Gasteiger partial charge on any atom is 0.105 e. The Morgan fingerprint density at radius 3 is 2.53 bits per heavy atom. The average Bonchev–Trinajstić information content (AvgIpc) is 2.82. The number of furan rings is 1. The van der Waals surface area contributed by atoms with Crippen LogP contribution in [0, 0.1) is 11.3 Å². The zero-order valence-corrected chi connectivity index (χ0v) is 9.68. The summed E-state index contributed by atoms with van der Waals surface area (Å²) in [6, 6.07) is 13.5. The van der Waals surface area contributed by atoms with Crippen molar-refractivity contribution in [2.45, 2.75) is 18.8 Å². The van der Waals surface area contributed by atoms with E-state index in [4.69, 9.17) is 10.2 Å². The summed E-state index contributed by atoms with van der Waals surface area (Å²) >= 11 is 0. The van der Waals surface area contributed by atoms with Crippen molar-refractivity contribution in [2.24, 2.45) is 0 Å². The smallest absolute Gasteiger partial charge is 0.105 e. The first kappa shape index (κ1) is 11.3. The van der Waals surface area contributed by atoms with Crippen molar-refractivity contribution >= 4 is 5.69 Å². The molecule has 0 fully saturated rings. The highest BCUT2D eigenvalue weighted by Crippen LogP contribution is 2.28. The van der Waals surface area contributed by atoms with Crippen LogP contribution in [0.25, 0.3) is 0 Å². The minimum absolute atomic E-state index is 0.556. The first-order chi connectivity index (χ1) is 8.14. The van der Waals surface area contributed by atoms with Crippen LogP contribution in [-0.4, -0.2) is 0 Å². The molecule has 1 aromatic heterocycles. The normalized spacial score (nSPS) is 13.9. The van der Waals surface area contributed by atoms with Crippen LogP contribution in [-0.2, 0) is 11.8 Å². The van der Waals surface area contributed by atoms with Crippen molar-refractivity contribution < 1.29 is 4.42 Å². The summed E-state index contributed by atoms with van der Waals surface area (Å²) < 4.78 is 5.30. The first-order valence-corrected chi connectivity index (χ1v) is 5.44. The highest BCUT2D eigenvalue weighted by molar-refractivity contribution is 5.43. The third-order valence-corrected chi connectivity index (χ3v) is 2.90. The van der Waals surface area contributed by atoms with Gasteiger partial charge in [-0.2, -0.15) is 5.26 Å². The lowest BCUT2D eigenvalue weighted by Crippen LogP contribution is -2.22. The molecular formula is C14H14N2O. The van der Waals surface area contributed by atoms with Gasteiger partial charge in [-0.25, -0.2) is 0 Å². The van der Waals surface area contributed by atoms with Gasteiger partial charge >= 0.3 is 0 Å². The molecule has 1 heterocycles. The Morgan fingerprint density at radius 2 is 2.00 bits per heavy atom. The summed E-state index contributed by atoms with van der Waals surface area (Å²) in [6.45, 7) is 1.90. The fraction of sp³-hybridized carbons (Fsp3) is 0.214. The topological polar surface area (TPSA) is 63.0 Å². The second kappa shape index (κ2) is 4.34. The van der Waals surface area contributed by atoms with Crippen LogP contribution < -0.4 is 5.73 Å². The molecule has 86 valence electrons. The fourth-order valence-electron chi connectivity index (χ4n) is 1.82. The third kappa shape index (κ3) is 2.31. The monoisotopic (exact) mass is 226 g/mol. The van der Waals surface area contributed by atoms with Crippen molar-refractivity contribution in [2.75, 3.05) is 5.73 Å². The van der Waals surface area contributed by atoms with Gasteiger partial charge in [0, 0.05) is 12.1 Å². The molecule has 3 nitrogen and oxygen atoms in total. The molecule has 0 aliphatic carbocycles. The standard InChI is InChI=1S/C14H14N2O/c1-14(10-15,9-13-3-2-8-17-13)11-4-6-12(16)7-5-11/h2-8H,9,16H2,1H3. The Morgan fingerprint density at radius 1 is 1.29 bits per heavy atom. The van der Waals surface area contributed by atoms with Crippen molar-refractivity contribution in [3.63, 3.8) is 0 Å². The van der Waals surface area contributed by atoms with Gasteiger partial charge in [0.1, 0.15) is 5.76 Å². The van der Waals surface area contributed by atoms with E-state index < -0.39 is 5.41 Å². The molecule has 0 amide bonds. The van der Waals surface area contributed by atoms with E-state index in [9.17, 15) is 5.26 Å². The van der Waals surface area contributed by atoms with Crippen molar-refractivity contribution in [3.8, 4) is 6.07 Å². The van der Waals surface area contributed by atoms with Crippen LogP contribution in [0.4, 0.5) is 5.69 Å². The zero-order chi connectivity index (χ0) is 12.3. The number of rotatable bonds is 3. The van der Waals surface area contributed by atoms with Crippen LogP contribution >= 0.6 is 0 Å². The molecule has 3 heteroatoms. The summed E-state index contributed by atoms with van der Waals surface area (Å²) in [5.41, 5.74) is 6.70. The van der Waals surface area contributed by atoms with E-state index in [1.165, 1.54) is 0 Å². The minimum atomic E-state index is -0.592. The van der Waals surface area contributed by atoms with E-state index in [1.54, 1.807) is 6.26 Å². The molecule has 17 heavy (non-hydrogen) atoms. The molecule has 1 atom stereocenters. The Kier molecular flexibility index (Phi) is 2.88. The lowest BCUT2D eigenvalue weighted by molar-refractivity contribution is 0.462. The van der Waals surface area contributed by atoms with E-state index >= 15 is 0 Å². The molecule has 2 N–H and O–H groups in total. The highest BCUT2D eigenvalue weighted by atomic mass is 16.3. The number of nitrogen functional groups attached to an aromatic ring is 1. The SMILES string of the molecule is CC(C#N)(Cc1ccco1)c1ccc(N)cc1. The van der Waals surface area contributed by atoms with E-state index in [-0.39, 0.29) is 0 Å². The second-order valence-electron chi connectivity index (χ2n) is 4.32. The summed E-state index contributed by atoms with van der Waals surface area (Å²) in [7, 11) is 0. The van der Waals surface area contributed by atoms with E-state index in [2.05, 4.69) is 6.07 Å². The van der Waals surface area contributed by atoms with Gasteiger partial charge in [-0.3, -0.25) is 0 Å². The maximum absolute atomic E-state index is 9.38. The number of nitrogens with two attached hydrogens (primary N) is 1. The minimum Gasteiger partial charge on any atom is -0.469 e. The number of benzene rings is 1. The molecule has 1 unspecified atom stereocenters. The van der Waals surface area contributed by atoms with Crippen LogP contribution in [0.3, 0.4) is 0 Å². The third-order valence-electron chi connectivity index (χ3n) is 2.90. The van der Waals surface area contributed by atoms with Crippen molar-refractivity contribution in [1.82, 2.24) is 0 Å². The van der Waals surface area contributed by atoms with Gasteiger partial charge in [-0.05, 0) is 36.8 Å². The molecule has 0 aliphatic rings. The van der Waals surface area contributed by atoms with Crippen molar-refractivity contribution in [3.05, 3.63) is 54.0 Å². The first-order valence-electron chi connectivity index (χ1n) is 5.44. The Hall–Kier alpha value is -2.21. The lowest BCUT2D eigenvalue weighted by Gasteiger charge is -2.20. The summed E-state index contributed by atoms with van der Waals surface area (Å²) in [4.78, 5) is 0. The van der Waals surface area contributed by atoms with Gasteiger partial charge < -0.3 is 10.2 Å². The number of hydrogen-bond donors (Lipinski definition) is 1. The quantitative estimate of drug-likeness (QED) is 0.818. The number of nitrogens with zero attached hydrogens (tertiary/aromatic N) is 1. The number of anilines is 1. The predicted octanol–water partition coefficient (Wildman–Crippen LogP) is 2.89. The van der Waals surface area contributed by atoms with Crippen LogP contribution in [0.5, 0.6) is 0 Å². The molecule has 2 aromatic rings. The molecule has 1 aromatic carbocycles. The molecular weight excluding hydrogens is 212 g/mol. The van der Waals surface area contributed by atoms with Crippen LogP contribution in [0.15, 0.2) is 47.1 Å². The lowest BCUT2D eigenvalue weighted by atomic mass is 9.80. The van der Waals surface area contributed by atoms with E-state index in [1.807, 2.05) is 43.3 Å². The zero-order valence-electron chi connectivity index (χ0n) is 9.68. The fourth-order valence-corrected chi connectivity index (χ4v) is 1.82. The number of nitriles is 1. The predicted molar refractivity (Wildman–Crippen MR) is 66.2 cm³/mol. The number of hydrogen-bond acceptors (Lipinski definition) is 3. The van der Waals surface area contributed by atoms with Gasteiger partial charge in [-0.1, -0.05) is 12.1 Å². The van der Waals surface area contributed by atoms with Crippen LogP contribution in [0.2, 0.25) is 0 Å². The molecule has 0 saturated heterocycles. The van der Waals surface area contributed by atoms with Crippen molar-refractivity contribution in [1.29, 1.82) is 5.26 Å². The molecule has 0 spiro atoms. The Bertz CT molecular complexity index is 522. The van der Waals surface area contributed by atoms with E-state index in [0.717, 1.165) is 11.3 Å². The largest absolute Gasteiger partial charge is 0.469 e. The highest BCUT2D eigenvalue weighted by Gasteiger charge is 2.27. The summed E-state index contributed by atoms with van der Waals surface area (Å²) in [5, 5.41) is 9.38. The van der Waals surface area contributed by atoms with E-state index in [0.29, 0.717) is 12.1 Å². The molecule has 0 saturated carbocycles. The Balaban J connectivity index is 2.31. The Labute approximate surface area is 100 Å². The summed E-state index contributed by atoms with van der Waals surface area (Å²) in [6.07, 6.45) is 2.18. The molecule has 0 radical (unpaired) electrons. The van der Waals surface area contributed by atoms with Gasteiger partial charge in [0.25, 0.3) is 0 Å². The molecule has 0 aliphatic heterocycles. The second-order valence-corrected chi connectivity index (χ2v) is 4.32. The average molecular weight is 226 g/mol. The van der Waals surface area contributed by atoms with Gasteiger partial charge in [0.05, 0.1) is 17.7 Å².